The Morgan fingerprint density at radius 2 is 0.973 bits per heavy atom. The predicted molar refractivity (Wildman–Crippen MR) is 158 cm³/mol. The lowest BCUT2D eigenvalue weighted by Crippen LogP contribution is -2.38. The first-order valence-corrected chi connectivity index (χ1v) is 14.2. The summed E-state index contributed by atoms with van der Waals surface area (Å²) in [6.45, 7) is 0. The third-order valence-electron chi connectivity index (χ3n) is 6.24. The molecule has 0 fully saturated rings. The first-order valence-electron chi connectivity index (χ1n) is 12.1. The number of rotatable bonds is 7. The van der Waals surface area contributed by atoms with Crippen LogP contribution in [-0.4, -0.2) is 5.91 Å². The van der Waals surface area contributed by atoms with Gasteiger partial charge < -0.3 is 0 Å². The second-order valence-corrected chi connectivity index (χ2v) is 12.4. The third-order valence-corrected chi connectivity index (χ3v) is 10.7. The van der Waals surface area contributed by atoms with Gasteiger partial charge in [0.15, 0.2) is 12.7 Å². The molecule has 4 heteroatoms. The first-order chi connectivity index (χ1) is 18.2. The van der Waals surface area contributed by atoms with Crippen molar-refractivity contribution in [2.24, 2.45) is 0 Å². The van der Waals surface area contributed by atoms with Gasteiger partial charge in [0, 0.05) is 16.7 Å². The minimum absolute atomic E-state index is 0.145. The highest BCUT2D eigenvalue weighted by molar-refractivity contribution is 7.99. The fraction of sp³-hybridized carbons (Fsp3) is 0. The van der Waals surface area contributed by atoms with Crippen molar-refractivity contribution in [3.05, 3.63) is 167 Å². The molecule has 5 rings (SSSR count). The van der Waals surface area contributed by atoms with Crippen molar-refractivity contribution in [2.75, 3.05) is 0 Å². The number of hydrogen-bond acceptors (Lipinski definition) is 1. The second-order valence-electron chi connectivity index (χ2n) is 8.58. The van der Waals surface area contributed by atoms with E-state index in [2.05, 4.69) is 84.2 Å². The average molecular weight is 519 g/mol. The molecular formula is C33H26ClNOP+. The number of benzene rings is 5. The third kappa shape index (κ3) is 5.27. The van der Waals surface area contributed by atoms with Gasteiger partial charge in [-0.3, -0.25) is 10.1 Å². The van der Waals surface area contributed by atoms with Crippen molar-refractivity contribution in [3.8, 4) is 0 Å². The van der Waals surface area contributed by atoms with E-state index in [1.165, 1.54) is 0 Å². The lowest BCUT2D eigenvalue weighted by Gasteiger charge is -2.29. The van der Waals surface area contributed by atoms with Crippen LogP contribution in [0.4, 0.5) is 0 Å². The largest absolute Gasteiger partial charge is 0.292 e. The summed E-state index contributed by atoms with van der Waals surface area (Å²) in [6.07, 6.45) is 2.10. The highest BCUT2D eigenvalue weighted by Gasteiger charge is 2.50. The Labute approximate surface area is 223 Å². The van der Waals surface area contributed by atoms with Gasteiger partial charge in [0.1, 0.15) is 15.9 Å². The molecule has 1 amide bonds. The standard InChI is InChI=1S/C33H25ClNOP/c34-28-23-21-26(22-24-28)25-32(35-33(36)27-13-5-1-6-14-27)37(29-15-7-2-8-16-29,30-17-9-3-10-18-30)31-19-11-4-12-20-31/h1-25H/p+1/b32-25-. The van der Waals surface area contributed by atoms with Crippen LogP contribution in [0.5, 0.6) is 0 Å². The molecule has 0 spiro atoms. The molecule has 0 aliphatic rings. The lowest BCUT2D eigenvalue weighted by atomic mass is 10.2. The summed E-state index contributed by atoms with van der Waals surface area (Å²) in [5.41, 5.74) is 2.42. The summed E-state index contributed by atoms with van der Waals surface area (Å²) >= 11 is 6.21. The molecule has 0 atom stereocenters. The highest BCUT2D eigenvalue weighted by atomic mass is 35.5. The van der Waals surface area contributed by atoms with Crippen LogP contribution in [0.2, 0.25) is 5.02 Å². The van der Waals surface area contributed by atoms with Crippen LogP contribution in [0, 0.1) is 0 Å². The zero-order valence-corrected chi connectivity index (χ0v) is 21.8. The summed E-state index contributed by atoms with van der Waals surface area (Å²) in [6, 6.07) is 48.5. The van der Waals surface area contributed by atoms with Gasteiger partial charge >= 0.3 is 0 Å². The number of nitrogens with one attached hydrogen (secondary N) is 1. The van der Waals surface area contributed by atoms with E-state index in [-0.39, 0.29) is 5.91 Å². The van der Waals surface area contributed by atoms with Crippen molar-refractivity contribution in [1.29, 1.82) is 0 Å². The van der Waals surface area contributed by atoms with E-state index in [4.69, 9.17) is 11.6 Å². The topological polar surface area (TPSA) is 29.1 Å². The van der Waals surface area contributed by atoms with Crippen molar-refractivity contribution >= 4 is 46.8 Å². The molecule has 180 valence electrons. The van der Waals surface area contributed by atoms with Crippen LogP contribution in [-0.2, 0) is 0 Å². The Bertz CT molecular complexity index is 1390. The molecule has 0 unspecified atom stereocenters. The summed E-state index contributed by atoms with van der Waals surface area (Å²) in [4.78, 5) is 13.7. The Balaban J connectivity index is 1.83. The van der Waals surface area contributed by atoms with Gasteiger partial charge in [0.2, 0.25) is 0 Å². The number of carbonyl (C=O) groups excluding carboxylic acids is 1. The van der Waals surface area contributed by atoms with Crippen LogP contribution in [0.1, 0.15) is 15.9 Å². The summed E-state index contributed by atoms with van der Waals surface area (Å²) < 4.78 is 0. The highest BCUT2D eigenvalue weighted by Crippen LogP contribution is 2.61. The van der Waals surface area contributed by atoms with Crippen LogP contribution in [0.15, 0.2) is 151 Å². The summed E-state index contributed by atoms with van der Waals surface area (Å²) in [7, 11) is -2.52. The molecule has 5 aromatic rings. The van der Waals surface area contributed by atoms with Gasteiger partial charge in [-0.2, -0.15) is 0 Å². The van der Waals surface area contributed by atoms with Crippen molar-refractivity contribution < 1.29 is 4.79 Å². The zero-order chi connectivity index (χ0) is 25.5. The van der Waals surface area contributed by atoms with E-state index in [0.717, 1.165) is 26.9 Å². The SMILES string of the molecule is O=C(N/C(=C/c1ccc(Cl)cc1)[P+](c1ccccc1)(c1ccccc1)c1ccccc1)c1ccccc1. The van der Waals surface area contributed by atoms with Crippen LogP contribution >= 0.6 is 18.9 Å². The van der Waals surface area contributed by atoms with Gasteiger partial charge in [-0.05, 0) is 66.2 Å². The van der Waals surface area contributed by atoms with E-state index < -0.39 is 7.26 Å². The molecule has 0 aliphatic heterocycles. The number of hydrogen-bond donors (Lipinski definition) is 1. The molecule has 37 heavy (non-hydrogen) atoms. The van der Waals surface area contributed by atoms with Gasteiger partial charge in [-0.25, -0.2) is 0 Å². The maximum Gasteiger partial charge on any atom is 0.258 e. The molecule has 0 saturated heterocycles. The van der Waals surface area contributed by atoms with Gasteiger partial charge in [0.05, 0.1) is 0 Å². The van der Waals surface area contributed by atoms with Crippen molar-refractivity contribution in [3.63, 3.8) is 0 Å². The summed E-state index contributed by atoms with van der Waals surface area (Å²) in [5.74, 6) is -0.145. The number of halogens is 1. The van der Waals surface area contributed by atoms with Crippen molar-refractivity contribution in [2.45, 2.75) is 0 Å². The lowest BCUT2D eigenvalue weighted by molar-refractivity contribution is 0.0969. The maximum absolute atomic E-state index is 13.7. The smallest absolute Gasteiger partial charge is 0.258 e. The quantitative estimate of drug-likeness (QED) is 0.229. The molecule has 0 aromatic heterocycles. The van der Waals surface area contributed by atoms with Crippen LogP contribution in [0.3, 0.4) is 0 Å². The molecule has 0 bridgehead atoms. The van der Waals surface area contributed by atoms with E-state index in [9.17, 15) is 4.79 Å². The monoisotopic (exact) mass is 518 g/mol. The van der Waals surface area contributed by atoms with Gasteiger partial charge in [-0.15, -0.1) is 0 Å². The molecule has 5 aromatic carbocycles. The Morgan fingerprint density at radius 1 is 0.568 bits per heavy atom. The molecule has 0 heterocycles. The zero-order valence-electron chi connectivity index (χ0n) is 20.2. The fourth-order valence-corrected chi connectivity index (χ4v) is 8.86. The number of carbonyl (C=O) groups is 1. The molecule has 2 nitrogen and oxygen atoms in total. The Kier molecular flexibility index (Phi) is 7.61. The molecule has 0 saturated carbocycles. The molecule has 1 N–H and O–H groups in total. The van der Waals surface area contributed by atoms with Gasteiger partial charge in [0.25, 0.3) is 5.91 Å². The minimum atomic E-state index is -2.52. The van der Waals surface area contributed by atoms with E-state index in [0.29, 0.717) is 10.6 Å². The molecule has 0 aliphatic carbocycles. The van der Waals surface area contributed by atoms with E-state index in [1.807, 2.05) is 72.8 Å². The fourth-order valence-electron chi connectivity index (χ4n) is 4.53. The first kappa shape index (κ1) is 24.7. The van der Waals surface area contributed by atoms with E-state index >= 15 is 0 Å². The molecular weight excluding hydrogens is 493 g/mol. The summed E-state index contributed by atoms with van der Waals surface area (Å²) in [5, 5.41) is 7.50. The Hall–Kier alpha value is -3.97. The predicted octanol–water partition coefficient (Wildman–Crippen LogP) is 7.06. The average Bonchev–Trinajstić information content (AvgIpc) is 2.97. The second kappa shape index (κ2) is 11.4. The molecule has 0 radical (unpaired) electrons. The van der Waals surface area contributed by atoms with E-state index in [1.54, 1.807) is 0 Å². The van der Waals surface area contributed by atoms with Crippen LogP contribution < -0.4 is 21.2 Å². The normalized spacial score (nSPS) is 11.6. The van der Waals surface area contributed by atoms with Gasteiger partial charge in [-0.1, -0.05) is 96.5 Å². The van der Waals surface area contributed by atoms with Crippen molar-refractivity contribution in [1.82, 2.24) is 5.32 Å². The number of amides is 1. The van der Waals surface area contributed by atoms with Crippen LogP contribution in [0.25, 0.3) is 6.08 Å². The maximum atomic E-state index is 13.7. The minimum Gasteiger partial charge on any atom is -0.292 e. The Morgan fingerprint density at radius 3 is 1.41 bits per heavy atom.